The van der Waals surface area contributed by atoms with Crippen LogP contribution in [0.15, 0.2) is 73.1 Å². The highest BCUT2D eigenvalue weighted by atomic mass is 16.7. The Kier molecular flexibility index (Phi) is 4.51. The molecule has 0 unspecified atom stereocenters. The van der Waals surface area contributed by atoms with E-state index in [2.05, 4.69) is 4.98 Å². The van der Waals surface area contributed by atoms with Crippen LogP contribution in [0.2, 0.25) is 0 Å². The van der Waals surface area contributed by atoms with Gasteiger partial charge in [-0.15, -0.1) is 0 Å². The molecule has 5 nitrogen and oxygen atoms in total. The van der Waals surface area contributed by atoms with E-state index in [1.165, 1.54) is 0 Å². The van der Waals surface area contributed by atoms with Gasteiger partial charge in [-0.1, -0.05) is 30.3 Å². The third-order valence-electron chi connectivity index (χ3n) is 4.21. The summed E-state index contributed by atoms with van der Waals surface area (Å²) in [5.74, 6) is 1.44. The smallest absolute Gasteiger partial charge is 0.254 e. The predicted molar refractivity (Wildman–Crippen MR) is 96.8 cm³/mol. The minimum atomic E-state index is -0.0212. The first-order valence-electron chi connectivity index (χ1n) is 8.41. The second kappa shape index (κ2) is 7.27. The van der Waals surface area contributed by atoms with E-state index in [-0.39, 0.29) is 12.7 Å². The van der Waals surface area contributed by atoms with E-state index in [0.717, 1.165) is 22.6 Å². The fraction of sp³-hybridized carbons (Fsp3) is 0.143. The van der Waals surface area contributed by atoms with E-state index in [9.17, 15) is 4.79 Å². The Hall–Kier alpha value is -3.34. The zero-order chi connectivity index (χ0) is 17.8. The Labute approximate surface area is 151 Å². The molecule has 0 N–H and O–H groups in total. The molecule has 0 radical (unpaired) electrons. The number of carbonyl (C=O) groups is 1. The van der Waals surface area contributed by atoms with Gasteiger partial charge in [-0.05, 0) is 41.5 Å². The number of pyridine rings is 1. The Morgan fingerprint density at radius 1 is 0.923 bits per heavy atom. The van der Waals surface area contributed by atoms with Gasteiger partial charge in [0, 0.05) is 31.0 Å². The number of hydrogen-bond donors (Lipinski definition) is 0. The van der Waals surface area contributed by atoms with Crippen molar-refractivity contribution in [2.24, 2.45) is 0 Å². The Balaban J connectivity index is 1.60. The molecule has 1 aliphatic rings. The molecule has 1 aromatic heterocycles. The van der Waals surface area contributed by atoms with Gasteiger partial charge in [-0.2, -0.15) is 0 Å². The second-order valence-corrected chi connectivity index (χ2v) is 6.08. The number of hydrogen-bond acceptors (Lipinski definition) is 4. The summed E-state index contributed by atoms with van der Waals surface area (Å²) in [5, 5.41) is 0. The van der Waals surface area contributed by atoms with Gasteiger partial charge in [0.15, 0.2) is 11.5 Å². The summed E-state index contributed by atoms with van der Waals surface area (Å²) in [6.07, 6.45) is 3.51. The normalized spacial score (nSPS) is 12.0. The molecule has 3 aromatic rings. The van der Waals surface area contributed by atoms with Gasteiger partial charge in [-0.3, -0.25) is 9.78 Å². The molecule has 0 spiro atoms. The molecule has 130 valence electrons. The van der Waals surface area contributed by atoms with Crippen molar-refractivity contribution in [3.63, 3.8) is 0 Å². The van der Waals surface area contributed by atoms with Gasteiger partial charge < -0.3 is 14.4 Å². The van der Waals surface area contributed by atoms with Crippen molar-refractivity contribution in [2.75, 3.05) is 6.79 Å². The molecule has 2 aromatic carbocycles. The molecule has 2 heterocycles. The summed E-state index contributed by atoms with van der Waals surface area (Å²) in [6, 6.07) is 18.9. The van der Waals surface area contributed by atoms with E-state index in [1.54, 1.807) is 12.4 Å². The van der Waals surface area contributed by atoms with E-state index < -0.39 is 0 Å². The summed E-state index contributed by atoms with van der Waals surface area (Å²) in [4.78, 5) is 19.0. The first-order chi connectivity index (χ1) is 12.8. The monoisotopic (exact) mass is 346 g/mol. The largest absolute Gasteiger partial charge is 0.454 e. The van der Waals surface area contributed by atoms with Gasteiger partial charge >= 0.3 is 0 Å². The maximum absolute atomic E-state index is 13.0. The lowest BCUT2D eigenvalue weighted by Crippen LogP contribution is -2.30. The molecule has 26 heavy (non-hydrogen) atoms. The fourth-order valence-corrected chi connectivity index (χ4v) is 2.93. The van der Waals surface area contributed by atoms with Crippen molar-refractivity contribution < 1.29 is 14.3 Å². The number of rotatable bonds is 5. The zero-order valence-electron chi connectivity index (χ0n) is 14.2. The third kappa shape index (κ3) is 3.52. The van der Waals surface area contributed by atoms with Crippen LogP contribution in [-0.2, 0) is 13.1 Å². The average Bonchev–Trinajstić information content (AvgIpc) is 3.16. The van der Waals surface area contributed by atoms with Crippen LogP contribution in [0.5, 0.6) is 11.5 Å². The van der Waals surface area contributed by atoms with Crippen molar-refractivity contribution in [2.45, 2.75) is 13.1 Å². The lowest BCUT2D eigenvalue weighted by atomic mass is 10.1. The second-order valence-electron chi connectivity index (χ2n) is 6.08. The van der Waals surface area contributed by atoms with Crippen LogP contribution in [0.25, 0.3) is 0 Å². The lowest BCUT2D eigenvalue weighted by molar-refractivity contribution is 0.0729. The number of amides is 1. The number of nitrogens with zero attached hydrogens (tertiary/aromatic N) is 2. The number of aromatic nitrogens is 1. The summed E-state index contributed by atoms with van der Waals surface area (Å²) in [6.45, 7) is 1.19. The Morgan fingerprint density at radius 3 is 2.54 bits per heavy atom. The van der Waals surface area contributed by atoms with E-state index >= 15 is 0 Å². The van der Waals surface area contributed by atoms with Crippen molar-refractivity contribution >= 4 is 5.91 Å². The predicted octanol–water partition coefficient (Wildman–Crippen LogP) is 3.65. The lowest BCUT2D eigenvalue weighted by Gasteiger charge is -2.23. The molecule has 1 amide bonds. The van der Waals surface area contributed by atoms with Crippen LogP contribution in [-0.4, -0.2) is 22.6 Å². The maximum Gasteiger partial charge on any atom is 0.254 e. The summed E-state index contributed by atoms with van der Waals surface area (Å²) >= 11 is 0. The maximum atomic E-state index is 13.0. The number of benzene rings is 2. The Bertz CT molecular complexity index is 898. The zero-order valence-corrected chi connectivity index (χ0v) is 14.2. The van der Waals surface area contributed by atoms with Gasteiger partial charge in [0.1, 0.15) is 0 Å². The molecule has 0 bridgehead atoms. The molecule has 0 aliphatic carbocycles. The molecule has 0 saturated carbocycles. The molecule has 1 aliphatic heterocycles. The third-order valence-corrected chi connectivity index (χ3v) is 4.21. The van der Waals surface area contributed by atoms with Gasteiger partial charge in [0.05, 0.1) is 0 Å². The van der Waals surface area contributed by atoms with E-state index in [0.29, 0.717) is 18.7 Å². The Morgan fingerprint density at radius 2 is 1.73 bits per heavy atom. The van der Waals surface area contributed by atoms with Gasteiger partial charge in [0.25, 0.3) is 5.91 Å². The fourth-order valence-electron chi connectivity index (χ4n) is 2.93. The summed E-state index contributed by atoms with van der Waals surface area (Å²) in [5.41, 5.74) is 2.64. The van der Waals surface area contributed by atoms with Gasteiger partial charge in [-0.25, -0.2) is 0 Å². The minimum absolute atomic E-state index is 0.0212. The van der Waals surface area contributed by atoms with Crippen LogP contribution >= 0.6 is 0 Å². The van der Waals surface area contributed by atoms with Crippen LogP contribution < -0.4 is 9.47 Å². The first-order valence-corrected chi connectivity index (χ1v) is 8.41. The van der Waals surface area contributed by atoms with Crippen LogP contribution in [0.1, 0.15) is 21.5 Å². The molecule has 4 rings (SSSR count). The molecule has 0 saturated heterocycles. The summed E-state index contributed by atoms with van der Waals surface area (Å²) < 4.78 is 10.8. The molecular weight excluding hydrogens is 328 g/mol. The number of fused-ring (bicyclic) bond motifs is 1. The molecule has 0 atom stereocenters. The number of ether oxygens (including phenoxy) is 2. The molecule has 0 fully saturated rings. The average molecular weight is 346 g/mol. The molecular formula is C21H18N2O3. The van der Waals surface area contributed by atoms with E-state index in [4.69, 9.17) is 9.47 Å². The standard InChI is InChI=1S/C21H18N2O3/c24-21(18-6-2-1-3-7-18)23(14-17-5-4-10-22-12-17)13-16-8-9-19-20(11-16)26-15-25-19/h1-12H,13-15H2. The highest BCUT2D eigenvalue weighted by Gasteiger charge is 2.19. The van der Waals surface area contributed by atoms with Crippen molar-refractivity contribution in [1.82, 2.24) is 9.88 Å². The first kappa shape index (κ1) is 16.1. The van der Waals surface area contributed by atoms with Gasteiger partial charge in [0.2, 0.25) is 6.79 Å². The minimum Gasteiger partial charge on any atom is -0.454 e. The van der Waals surface area contributed by atoms with Crippen LogP contribution in [0.4, 0.5) is 0 Å². The van der Waals surface area contributed by atoms with Crippen molar-refractivity contribution in [3.8, 4) is 11.5 Å². The number of carbonyl (C=O) groups excluding carboxylic acids is 1. The van der Waals surface area contributed by atoms with Crippen molar-refractivity contribution in [1.29, 1.82) is 0 Å². The SMILES string of the molecule is O=C(c1ccccc1)N(Cc1cccnc1)Cc1ccc2c(c1)OCO2. The summed E-state index contributed by atoms with van der Waals surface area (Å²) in [7, 11) is 0. The topological polar surface area (TPSA) is 51.7 Å². The quantitative estimate of drug-likeness (QED) is 0.708. The molecule has 5 heteroatoms. The van der Waals surface area contributed by atoms with E-state index in [1.807, 2.05) is 65.6 Å². The highest BCUT2D eigenvalue weighted by Crippen LogP contribution is 2.33. The van der Waals surface area contributed by atoms with Crippen LogP contribution in [0, 0.1) is 0 Å². The van der Waals surface area contributed by atoms with Crippen LogP contribution in [0.3, 0.4) is 0 Å². The van der Waals surface area contributed by atoms with Crippen molar-refractivity contribution in [3.05, 3.63) is 89.7 Å². The highest BCUT2D eigenvalue weighted by molar-refractivity contribution is 5.94.